The van der Waals surface area contributed by atoms with Gasteiger partial charge in [0.25, 0.3) is 0 Å². The predicted molar refractivity (Wildman–Crippen MR) is 40.7 cm³/mol. The molecule has 0 atom stereocenters. The van der Waals surface area contributed by atoms with Crippen LogP contribution in [0.3, 0.4) is 0 Å². The molecule has 1 heterocycles. The van der Waals surface area contributed by atoms with E-state index in [4.69, 9.17) is 0 Å². The van der Waals surface area contributed by atoms with Crippen molar-refractivity contribution in [2.75, 3.05) is 0 Å². The van der Waals surface area contributed by atoms with Crippen LogP contribution in [0.4, 0.5) is 4.39 Å². The van der Waals surface area contributed by atoms with E-state index in [1.54, 1.807) is 6.92 Å². The molecule has 0 fully saturated rings. The molecule has 1 radical (unpaired) electrons. The van der Waals surface area contributed by atoms with E-state index < -0.39 is 0 Å². The molecule has 0 aromatic carbocycles. The Morgan fingerprint density at radius 3 is 2.82 bits per heavy atom. The minimum atomic E-state index is -0.332. The molecule has 0 aliphatic carbocycles. The second kappa shape index (κ2) is 3.51. The third kappa shape index (κ3) is 2.03. The molecule has 1 rings (SSSR count). The fourth-order valence-corrected chi connectivity index (χ4v) is 0.858. The quantitative estimate of drug-likeness (QED) is 0.652. The summed E-state index contributed by atoms with van der Waals surface area (Å²) in [6.07, 6.45) is 4.63. The highest BCUT2D eigenvalue weighted by Gasteiger charge is 2.02. The molecule has 0 N–H and O–H groups in total. The Balaban J connectivity index is 2.58. The van der Waals surface area contributed by atoms with Crippen LogP contribution in [0.1, 0.15) is 25.5 Å². The van der Waals surface area contributed by atoms with Crippen molar-refractivity contribution in [2.45, 2.75) is 33.2 Å². The van der Waals surface area contributed by atoms with Gasteiger partial charge in [-0.05, 0) is 13.3 Å². The van der Waals surface area contributed by atoms with E-state index in [1.165, 1.54) is 4.68 Å². The van der Waals surface area contributed by atoms with Gasteiger partial charge in [0.15, 0.2) is 5.82 Å². The third-order valence-electron chi connectivity index (χ3n) is 1.54. The summed E-state index contributed by atoms with van der Waals surface area (Å²) in [6, 6.07) is 0. The molecule has 2 nitrogen and oxygen atoms in total. The van der Waals surface area contributed by atoms with Gasteiger partial charge in [-0.25, -0.2) is 4.39 Å². The van der Waals surface area contributed by atoms with Crippen LogP contribution in [0.25, 0.3) is 0 Å². The molecule has 0 spiro atoms. The monoisotopic (exact) mass is 155 g/mol. The summed E-state index contributed by atoms with van der Waals surface area (Å²) >= 11 is 0. The van der Waals surface area contributed by atoms with E-state index in [-0.39, 0.29) is 5.82 Å². The molecular formula is C8H12FN2. The highest BCUT2D eigenvalue weighted by atomic mass is 19.1. The number of nitrogens with zero attached hydrogens (tertiary/aromatic N) is 2. The van der Waals surface area contributed by atoms with Gasteiger partial charge in [0.1, 0.15) is 6.20 Å². The lowest BCUT2D eigenvalue weighted by Crippen LogP contribution is -1.98. The third-order valence-corrected chi connectivity index (χ3v) is 1.54. The average molecular weight is 155 g/mol. The number of aryl methyl sites for hydroxylation is 2. The average Bonchev–Trinajstić information content (AvgIpc) is 2.28. The summed E-state index contributed by atoms with van der Waals surface area (Å²) < 4.78 is 14.2. The van der Waals surface area contributed by atoms with Crippen molar-refractivity contribution in [1.29, 1.82) is 0 Å². The minimum absolute atomic E-state index is 0.332. The lowest BCUT2D eigenvalue weighted by atomic mass is 10.3. The molecule has 61 valence electrons. The van der Waals surface area contributed by atoms with Gasteiger partial charge in [-0.3, -0.25) is 4.68 Å². The summed E-state index contributed by atoms with van der Waals surface area (Å²) in [4.78, 5) is 0. The van der Waals surface area contributed by atoms with E-state index in [0.29, 0.717) is 5.69 Å². The number of hydrogen-bond acceptors (Lipinski definition) is 1. The topological polar surface area (TPSA) is 17.8 Å². The maximum absolute atomic E-state index is 12.6. The van der Waals surface area contributed by atoms with Crippen LogP contribution >= 0.6 is 0 Å². The standard InChI is InChI=1S/C8H12FN2/c1-3-4-5-11-6-8(9)7(2)10-11/h3-5H2,1-2H3. The van der Waals surface area contributed by atoms with E-state index in [2.05, 4.69) is 18.2 Å². The molecular weight excluding hydrogens is 143 g/mol. The van der Waals surface area contributed by atoms with Crippen molar-refractivity contribution in [3.63, 3.8) is 0 Å². The van der Waals surface area contributed by atoms with Gasteiger partial charge in [0.2, 0.25) is 0 Å². The fourth-order valence-electron chi connectivity index (χ4n) is 0.858. The predicted octanol–water partition coefficient (Wildman–Crippen LogP) is 1.93. The Kier molecular flexibility index (Phi) is 2.63. The Labute approximate surface area is 66.0 Å². The summed E-state index contributed by atoms with van der Waals surface area (Å²) in [5.41, 5.74) is 0.432. The van der Waals surface area contributed by atoms with Crippen molar-refractivity contribution in [3.8, 4) is 0 Å². The molecule has 1 aromatic heterocycles. The number of rotatable bonds is 3. The van der Waals surface area contributed by atoms with Gasteiger partial charge in [-0.1, -0.05) is 13.3 Å². The van der Waals surface area contributed by atoms with Gasteiger partial charge in [0, 0.05) is 6.54 Å². The maximum atomic E-state index is 12.6. The highest BCUT2D eigenvalue weighted by molar-refractivity contribution is 4.97. The summed E-state index contributed by atoms with van der Waals surface area (Å²) in [5, 5.41) is 3.93. The van der Waals surface area contributed by atoms with E-state index in [1.807, 2.05) is 0 Å². The normalized spacial score (nSPS) is 10.5. The number of halogens is 1. The first kappa shape index (κ1) is 8.24. The lowest BCUT2D eigenvalue weighted by Gasteiger charge is -1.95. The van der Waals surface area contributed by atoms with E-state index in [0.717, 1.165) is 19.4 Å². The van der Waals surface area contributed by atoms with Gasteiger partial charge in [0.05, 0.1) is 5.69 Å². The van der Waals surface area contributed by atoms with Crippen molar-refractivity contribution >= 4 is 0 Å². The lowest BCUT2D eigenvalue weighted by molar-refractivity contribution is 0.558. The zero-order chi connectivity index (χ0) is 8.27. The highest BCUT2D eigenvalue weighted by Crippen LogP contribution is 2.02. The summed E-state index contributed by atoms with van der Waals surface area (Å²) in [5.74, 6) is -0.332. The minimum Gasteiger partial charge on any atom is -0.260 e. The van der Waals surface area contributed by atoms with Crippen LogP contribution in [-0.2, 0) is 6.54 Å². The second-order valence-corrected chi connectivity index (χ2v) is 2.59. The van der Waals surface area contributed by atoms with Crippen molar-refractivity contribution in [2.24, 2.45) is 0 Å². The Hall–Kier alpha value is -0.860. The Morgan fingerprint density at radius 1 is 1.64 bits per heavy atom. The Morgan fingerprint density at radius 2 is 2.36 bits per heavy atom. The van der Waals surface area contributed by atoms with Gasteiger partial charge in [-0.15, -0.1) is 0 Å². The first-order chi connectivity index (χ1) is 5.24. The molecule has 0 unspecified atom stereocenters. The maximum Gasteiger partial charge on any atom is 0.173 e. The van der Waals surface area contributed by atoms with Gasteiger partial charge >= 0.3 is 0 Å². The largest absolute Gasteiger partial charge is 0.260 e. The number of unbranched alkanes of at least 4 members (excludes halogenated alkanes) is 1. The Bertz CT molecular complexity index is 210. The van der Waals surface area contributed by atoms with Gasteiger partial charge < -0.3 is 0 Å². The molecule has 1 aromatic rings. The second-order valence-electron chi connectivity index (χ2n) is 2.59. The van der Waals surface area contributed by atoms with E-state index >= 15 is 0 Å². The van der Waals surface area contributed by atoms with Crippen molar-refractivity contribution in [3.05, 3.63) is 17.7 Å². The smallest absolute Gasteiger partial charge is 0.173 e. The molecule has 0 bridgehead atoms. The molecule has 0 saturated carbocycles. The SMILES string of the molecule is CCCCn1[c]c(F)c(C)n1. The van der Waals surface area contributed by atoms with Gasteiger partial charge in [-0.2, -0.15) is 5.10 Å². The van der Waals surface area contributed by atoms with Crippen LogP contribution in [0.2, 0.25) is 0 Å². The zero-order valence-electron chi connectivity index (χ0n) is 6.89. The van der Waals surface area contributed by atoms with Crippen molar-refractivity contribution < 1.29 is 4.39 Å². The molecule has 0 saturated heterocycles. The molecule has 0 aliphatic heterocycles. The van der Waals surface area contributed by atoms with Crippen LogP contribution in [-0.4, -0.2) is 9.78 Å². The van der Waals surface area contributed by atoms with Crippen molar-refractivity contribution in [1.82, 2.24) is 9.78 Å². The van der Waals surface area contributed by atoms with Crippen LogP contribution < -0.4 is 0 Å². The van der Waals surface area contributed by atoms with E-state index in [9.17, 15) is 4.39 Å². The zero-order valence-corrected chi connectivity index (χ0v) is 6.89. The summed E-state index contributed by atoms with van der Waals surface area (Å²) in [6.45, 7) is 4.50. The molecule has 0 amide bonds. The summed E-state index contributed by atoms with van der Waals surface area (Å²) in [7, 11) is 0. The first-order valence-corrected chi connectivity index (χ1v) is 3.86. The van der Waals surface area contributed by atoms with Crippen LogP contribution in [0, 0.1) is 18.9 Å². The fraction of sp³-hybridized carbons (Fsp3) is 0.625. The molecule has 11 heavy (non-hydrogen) atoms. The number of hydrogen-bond donors (Lipinski definition) is 0. The molecule has 3 heteroatoms. The van der Waals surface area contributed by atoms with Crippen LogP contribution in [0.15, 0.2) is 0 Å². The first-order valence-electron chi connectivity index (χ1n) is 3.86. The van der Waals surface area contributed by atoms with Crippen LogP contribution in [0.5, 0.6) is 0 Å². The molecule has 0 aliphatic rings. The number of aromatic nitrogens is 2.